The number of carbonyl (C=O) groups is 2. The van der Waals surface area contributed by atoms with Crippen LogP contribution in [0.2, 0.25) is 0 Å². The Balaban J connectivity index is 0.782. The maximum Gasteiger partial charge on any atom is 0.258 e. The minimum absolute atomic E-state index is 0.000460. The van der Waals surface area contributed by atoms with Crippen molar-refractivity contribution >= 4 is 23.7 Å². The second-order valence-corrected chi connectivity index (χ2v) is 16.8. The minimum Gasteiger partial charge on any atom is -0.508 e. The molecule has 2 aromatic heterocycles. The first-order chi connectivity index (χ1) is 29.6. The topological polar surface area (TPSA) is 178 Å². The maximum atomic E-state index is 13.9. The van der Waals surface area contributed by atoms with E-state index in [-0.39, 0.29) is 40.7 Å². The molecule has 0 radical (unpaired) electrons. The van der Waals surface area contributed by atoms with Gasteiger partial charge in [0.2, 0.25) is 11.9 Å². The highest BCUT2D eigenvalue weighted by atomic mass is 16.5. The number of nitrogens with zero attached hydrogens (tertiary/aromatic N) is 9. The fourth-order valence-electron chi connectivity index (χ4n) is 8.84. The maximum absolute atomic E-state index is 13.9. The van der Waals surface area contributed by atoms with Gasteiger partial charge in [-0.3, -0.25) is 19.4 Å². The molecular weight excluding hydrogens is 773 g/mol. The number of benzene rings is 3. The Bertz CT molecular complexity index is 2430. The Hall–Kier alpha value is -6.16. The first kappa shape index (κ1) is 40.3. The molecule has 316 valence electrons. The molecule has 4 aliphatic heterocycles. The van der Waals surface area contributed by atoms with Crippen LogP contribution in [0.5, 0.6) is 11.5 Å². The molecular formula is C46H52N10O5. The summed E-state index contributed by atoms with van der Waals surface area (Å²) in [5.74, 6) is 0.385. The zero-order valence-electron chi connectivity index (χ0n) is 34.8. The Labute approximate surface area is 355 Å². The van der Waals surface area contributed by atoms with E-state index in [4.69, 9.17) is 20.4 Å². The fourth-order valence-corrected chi connectivity index (χ4v) is 8.84. The van der Waals surface area contributed by atoms with Crippen molar-refractivity contribution in [2.75, 3.05) is 69.7 Å². The second kappa shape index (κ2) is 17.1. The lowest BCUT2D eigenvalue weighted by Crippen LogP contribution is -2.45. The normalized spacial score (nSPS) is 17.1. The van der Waals surface area contributed by atoms with E-state index in [1.165, 1.54) is 17.2 Å². The molecule has 6 heterocycles. The average molecular weight is 825 g/mol. The van der Waals surface area contributed by atoms with Gasteiger partial charge in [0.15, 0.2) is 0 Å². The predicted molar refractivity (Wildman–Crippen MR) is 230 cm³/mol. The van der Waals surface area contributed by atoms with Crippen molar-refractivity contribution in [2.24, 2.45) is 0 Å². The van der Waals surface area contributed by atoms with Crippen LogP contribution in [0, 0.1) is 0 Å². The number of rotatable bonds is 9. The molecule has 5 aromatic rings. The number of amides is 2. The molecule has 61 heavy (non-hydrogen) atoms. The van der Waals surface area contributed by atoms with Crippen molar-refractivity contribution in [2.45, 2.75) is 58.9 Å². The standard InChI is InChI=1S/C46H52N10O5/c1-29(2)37-20-38(41(58)21-40(37)57)44(60)56-26-33-8-5-31(19-34(33)27-56)25-53-13-11-52(12-14-53)24-30-3-6-32(7-4-30)43(59)55-10-9-36-39(28-55)50-46(54-15-17-61-18-16-54)51-42(36)35-22-48-45(47)49-23-35/h3-8,19-23,29,57-58H,9-18,24-28H2,1-2H3,(H2,47,48,49). The highest BCUT2D eigenvalue weighted by Crippen LogP contribution is 2.35. The van der Waals surface area contributed by atoms with Gasteiger partial charge in [-0.05, 0) is 58.4 Å². The summed E-state index contributed by atoms with van der Waals surface area (Å²) in [4.78, 5) is 56.4. The number of nitrogens with two attached hydrogens (primary N) is 1. The summed E-state index contributed by atoms with van der Waals surface area (Å²) in [6.45, 7) is 13.8. The van der Waals surface area contributed by atoms with Crippen LogP contribution < -0.4 is 10.6 Å². The van der Waals surface area contributed by atoms with E-state index >= 15 is 0 Å². The van der Waals surface area contributed by atoms with E-state index < -0.39 is 0 Å². The van der Waals surface area contributed by atoms with Gasteiger partial charge in [0.1, 0.15) is 11.5 Å². The highest BCUT2D eigenvalue weighted by molar-refractivity contribution is 5.97. The summed E-state index contributed by atoms with van der Waals surface area (Å²) in [7, 11) is 0. The number of aromatic hydroxyl groups is 2. The smallest absolute Gasteiger partial charge is 0.258 e. The third-order valence-corrected chi connectivity index (χ3v) is 12.3. The van der Waals surface area contributed by atoms with E-state index in [1.807, 2.05) is 30.9 Å². The molecule has 0 aliphatic carbocycles. The monoisotopic (exact) mass is 824 g/mol. The number of nitrogen functional groups attached to an aromatic ring is 1. The largest absolute Gasteiger partial charge is 0.508 e. The van der Waals surface area contributed by atoms with Crippen LogP contribution in [0.1, 0.15) is 79.6 Å². The van der Waals surface area contributed by atoms with Gasteiger partial charge < -0.3 is 35.4 Å². The van der Waals surface area contributed by atoms with Gasteiger partial charge in [0.25, 0.3) is 11.8 Å². The number of hydrogen-bond donors (Lipinski definition) is 3. The minimum atomic E-state index is -0.238. The molecule has 0 bridgehead atoms. The first-order valence-corrected chi connectivity index (χ1v) is 21.2. The number of phenols is 2. The average Bonchev–Trinajstić information content (AvgIpc) is 3.70. The number of phenolic OH excluding ortho intramolecular Hbond substituents is 2. The van der Waals surface area contributed by atoms with Gasteiger partial charge in [-0.25, -0.2) is 19.9 Å². The Morgan fingerprint density at radius 2 is 1.41 bits per heavy atom. The number of anilines is 2. The Morgan fingerprint density at radius 1 is 0.738 bits per heavy atom. The van der Waals surface area contributed by atoms with E-state index in [1.54, 1.807) is 23.4 Å². The molecule has 0 unspecified atom stereocenters. The molecule has 4 aliphatic rings. The SMILES string of the molecule is CC(C)c1cc(C(=O)N2Cc3ccc(CN4CCN(Cc5ccc(C(=O)N6CCc7c(nc(N8CCOCC8)nc7-c7cnc(N)nc7)C6)cc5)CC4)cc3C2)c(O)cc1O. The van der Waals surface area contributed by atoms with E-state index in [9.17, 15) is 19.8 Å². The number of fused-ring (bicyclic) bond motifs is 2. The van der Waals surface area contributed by atoms with Crippen molar-refractivity contribution in [3.8, 4) is 22.8 Å². The lowest BCUT2D eigenvalue weighted by atomic mass is 9.98. The molecule has 2 amide bonds. The summed E-state index contributed by atoms with van der Waals surface area (Å²) in [5, 5.41) is 20.8. The summed E-state index contributed by atoms with van der Waals surface area (Å²) in [6.07, 6.45) is 4.01. The second-order valence-electron chi connectivity index (χ2n) is 16.8. The lowest BCUT2D eigenvalue weighted by Gasteiger charge is -2.35. The van der Waals surface area contributed by atoms with Gasteiger partial charge in [-0.1, -0.05) is 44.2 Å². The highest BCUT2D eigenvalue weighted by Gasteiger charge is 2.30. The lowest BCUT2D eigenvalue weighted by molar-refractivity contribution is 0.0729. The van der Waals surface area contributed by atoms with E-state index in [0.29, 0.717) is 76.0 Å². The van der Waals surface area contributed by atoms with Crippen molar-refractivity contribution < 1.29 is 24.5 Å². The summed E-state index contributed by atoms with van der Waals surface area (Å²) >= 11 is 0. The molecule has 15 nitrogen and oxygen atoms in total. The third kappa shape index (κ3) is 8.58. The summed E-state index contributed by atoms with van der Waals surface area (Å²) in [5.41, 5.74) is 15.3. The van der Waals surface area contributed by atoms with Crippen molar-refractivity contribution in [3.05, 3.63) is 117 Å². The number of morpholine rings is 1. The van der Waals surface area contributed by atoms with Gasteiger partial charge in [-0.15, -0.1) is 0 Å². The molecule has 3 aromatic carbocycles. The third-order valence-electron chi connectivity index (χ3n) is 12.3. The zero-order valence-corrected chi connectivity index (χ0v) is 34.8. The zero-order chi connectivity index (χ0) is 42.2. The van der Waals surface area contributed by atoms with Crippen molar-refractivity contribution in [3.63, 3.8) is 0 Å². The van der Waals surface area contributed by atoms with Gasteiger partial charge in [0.05, 0.1) is 36.7 Å². The number of hydrogen-bond acceptors (Lipinski definition) is 13. The van der Waals surface area contributed by atoms with Gasteiger partial charge in [-0.2, -0.15) is 0 Å². The molecule has 0 atom stereocenters. The fraction of sp³-hybridized carbons (Fsp3) is 0.391. The number of aromatic nitrogens is 4. The molecule has 9 rings (SSSR count). The number of piperazine rings is 1. The van der Waals surface area contributed by atoms with Crippen LogP contribution in [0.15, 0.2) is 67.0 Å². The van der Waals surface area contributed by atoms with Crippen LogP contribution >= 0.6 is 0 Å². The van der Waals surface area contributed by atoms with E-state index in [2.05, 4.69) is 55.0 Å². The number of carbonyl (C=O) groups excluding carboxylic acids is 2. The summed E-state index contributed by atoms with van der Waals surface area (Å²) < 4.78 is 5.57. The van der Waals surface area contributed by atoms with Crippen molar-refractivity contribution in [1.29, 1.82) is 0 Å². The quantitative estimate of drug-likeness (QED) is 0.189. The van der Waals surface area contributed by atoms with Crippen LogP contribution in [0.3, 0.4) is 0 Å². The van der Waals surface area contributed by atoms with Gasteiger partial charge in [0, 0.05) is 107 Å². The molecule has 2 saturated heterocycles. The number of ether oxygens (including phenoxy) is 1. The van der Waals surface area contributed by atoms with Gasteiger partial charge >= 0.3 is 0 Å². The molecule has 0 spiro atoms. The molecule has 2 fully saturated rings. The van der Waals surface area contributed by atoms with Crippen LogP contribution in [-0.2, 0) is 43.9 Å². The van der Waals surface area contributed by atoms with Crippen LogP contribution in [0.25, 0.3) is 11.3 Å². The van der Waals surface area contributed by atoms with E-state index in [0.717, 1.165) is 72.9 Å². The Morgan fingerprint density at radius 3 is 2.11 bits per heavy atom. The molecule has 15 heteroatoms. The molecule has 4 N–H and O–H groups in total. The Kier molecular flexibility index (Phi) is 11.3. The first-order valence-electron chi connectivity index (χ1n) is 21.2. The van der Waals surface area contributed by atoms with Crippen LogP contribution in [-0.4, -0.2) is 121 Å². The summed E-state index contributed by atoms with van der Waals surface area (Å²) in [6, 6.07) is 17.4. The van der Waals surface area contributed by atoms with Crippen LogP contribution in [0.4, 0.5) is 11.9 Å². The molecule has 0 saturated carbocycles. The predicted octanol–water partition coefficient (Wildman–Crippen LogP) is 4.56. The van der Waals surface area contributed by atoms with Crippen molar-refractivity contribution in [1.82, 2.24) is 39.5 Å².